The molecule has 8 heteroatoms. The van der Waals surface area contributed by atoms with Crippen LogP contribution in [-0.2, 0) is 4.74 Å². The van der Waals surface area contributed by atoms with E-state index in [1.807, 2.05) is 0 Å². The Balaban J connectivity index is 1.81. The number of nitrogens with zero attached hydrogens (tertiary/aromatic N) is 2. The number of hydrogen-bond donors (Lipinski definition) is 2. The van der Waals surface area contributed by atoms with Crippen molar-refractivity contribution in [1.29, 1.82) is 0 Å². The van der Waals surface area contributed by atoms with Gasteiger partial charge in [0, 0.05) is 25.6 Å². The molecule has 0 spiro atoms. The molecule has 1 saturated carbocycles. The summed E-state index contributed by atoms with van der Waals surface area (Å²) in [6.07, 6.45) is -2.12. The molecule has 1 aromatic heterocycles. The van der Waals surface area contributed by atoms with Gasteiger partial charge in [0.05, 0.1) is 6.61 Å². The van der Waals surface area contributed by atoms with Gasteiger partial charge >= 0.3 is 6.18 Å². The van der Waals surface area contributed by atoms with E-state index in [4.69, 9.17) is 0 Å². The van der Waals surface area contributed by atoms with E-state index < -0.39 is 12.8 Å². The van der Waals surface area contributed by atoms with Crippen LogP contribution < -0.4 is 10.6 Å². The molecule has 0 bridgehead atoms. The molecule has 0 aromatic carbocycles. The van der Waals surface area contributed by atoms with Crippen LogP contribution >= 0.6 is 0 Å². The van der Waals surface area contributed by atoms with Crippen molar-refractivity contribution < 1.29 is 17.9 Å². The summed E-state index contributed by atoms with van der Waals surface area (Å²) < 4.78 is 40.2. The molecule has 1 aliphatic rings. The molecule has 0 atom stereocenters. The van der Waals surface area contributed by atoms with Gasteiger partial charge in [0.2, 0.25) is 0 Å². The molecule has 0 radical (unpaired) electrons. The Kier molecular flexibility index (Phi) is 4.64. The van der Waals surface area contributed by atoms with Crippen LogP contribution in [0.4, 0.5) is 24.8 Å². The molecule has 1 heterocycles. The Morgan fingerprint density at radius 3 is 2.60 bits per heavy atom. The minimum Gasteiger partial charge on any atom is -0.373 e. The minimum atomic E-state index is -4.28. The maximum atomic E-state index is 11.9. The van der Waals surface area contributed by atoms with Gasteiger partial charge in [0.15, 0.2) is 0 Å². The van der Waals surface area contributed by atoms with Gasteiger partial charge in [-0.25, -0.2) is 9.97 Å². The van der Waals surface area contributed by atoms with Crippen LogP contribution in [0, 0.1) is 0 Å². The molecule has 1 aliphatic carbocycles. The summed E-state index contributed by atoms with van der Waals surface area (Å²) in [5.74, 6) is 2.48. The third-order valence-corrected chi connectivity index (χ3v) is 2.76. The highest BCUT2D eigenvalue weighted by molar-refractivity contribution is 5.47. The van der Waals surface area contributed by atoms with Crippen LogP contribution in [0.15, 0.2) is 6.07 Å². The summed E-state index contributed by atoms with van der Waals surface area (Å²) in [5, 5.41) is 5.89. The number of hydrogen-bond acceptors (Lipinski definition) is 5. The molecule has 112 valence electrons. The predicted octanol–water partition coefficient (Wildman–Crippen LogP) is 2.39. The molecule has 5 nitrogen and oxygen atoms in total. The van der Waals surface area contributed by atoms with Crippen molar-refractivity contribution in [3.8, 4) is 0 Å². The molecular weight excluding hydrogens is 273 g/mol. The lowest BCUT2D eigenvalue weighted by Crippen LogP contribution is -2.20. The first-order valence-corrected chi connectivity index (χ1v) is 6.43. The lowest BCUT2D eigenvalue weighted by Gasteiger charge is -2.10. The van der Waals surface area contributed by atoms with Gasteiger partial charge in [-0.2, -0.15) is 13.2 Å². The summed E-state index contributed by atoms with van der Waals surface area (Å²) in [6.45, 7) is -0.995. The van der Waals surface area contributed by atoms with E-state index >= 15 is 0 Å². The average Bonchev–Trinajstić information content (AvgIpc) is 3.21. The van der Waals surface area contributed by atoms with Crippen LogP contribution in [0.5, 0.6) is 0 Å². The van der Waals surface area contributed by atoms with Crippen LogP contribution in [0.3, 0.4) is 0 Å². The third kappa shape index (κ3) is 4.84. The van der Waals surface area contributed by atoms with E-state index in [0.717, 1.165) is 18.7 Å². The Morgan fingerprint density at radius 2 is 2.00 bits per heavy atom. The molecule has 1 fully saturated rings. The molecule has 0 saturated heterocycles. The SMILES string of the molecule is CNc1cc(NCCOCC(F)(F)F)nc(C2CC2)n1. The zero-order chi connectivity index (χ0) is 14.6. The second-order valence-corrected chi connectivity index (χ2v) is 4.62. The van der Waals surface area contributed by atoms with E-state index in [9.17, 15) is 13.2 Å². The van der Waals surface area contributed by atoms with Crippen LogP contribution in [0.25, 0.3) is 0 Å². The molecule has 2 N–H and O–H groups in total. The predicted molar refractivity (Wildman–Crippen MR) is 68.9 cm³/mol. The summed E-state index contributed by atoms with van der Waals surface area (Å²) in [7, 11) is 1.76. The number of aromatic nitrogens is 2. The van der Waals surface area contributed by atoms with Gasteiger partial charge in [0.1, 0.15) is 24.1 Å². The van der Waals surface area contributed by atoms with E-state index in [2.05, 4.69) is 25.3 Å². The van der Waals surface area contributed by atoms with E-state index in [1.54, 1.807) is 13.1 Å². The smallest absolute Gasteiger partial charge is 0.373 e. The fourth-order valence-corrected chi connectivity index (χ4v) is 1.65. The standard InChI is InChI=1S/C12H17F3N4O/c1-16-9-6-10(19-11(18-9)8-2-3-8)17-4-5-20-7-12(13,14)15/h6,8H,2-5,7H2,1H3,(H2,16,17,18,19). The number of halogens is 3. The topological polar surface area (TPSA) is 59.1 Å². The highest BCUT2D eigenvalue weighted by atomic mass is 19.4. The van der Waals surface area contributed by atoms with Crippen molar-refractivity contribution in [2.24, 2.45) is 0 Å². The van der Waals surface area contributed by atoms with Gasteiger partial charge in [0.25, 0.3) is 0 Å². The van der Waals surface area contributed by atoms with E-state index in [1.165, 1.54) is 0 Å². The van der Waals surface area contributed by atoms with Crippen molar-refractivity contribution in [1.82, 2.24) is 9.97 Å². The second-order valence-electron chi connectivity index (χ2n) is 4.62. The number of alkyl halides is 3. The first kappa shape index (κ1) is 14.8. The van der Waals surface area contributed by atoms with Crippen molar-refractivity contribution >= 4 is 11.6 Å². The van der Waals surface area contributed by atoms with Gasteiger partial charge < -0.3 is 15.4 Å². The summed E-state index contributed by atoms with van der Waals surface area (Å²) >= 11 is 0. The van der Waals surface area contributed by atoms with Gasteiger partial charge in [-0.05, 0) is 12.8 Å². The number of nitrogens with one attached hydrogen (secondary N) is 2. The molecule has 0 unspecified atom stereocenters. The lowest BCUT2D eigenvalue weighted by molar-refractivity contribution is -0.172. The van der Waals surface area contributed by atoms with Crippen LogP contribution in [0.2, 0.25) is 0 Å². The Hall–Kier alpha value is -1.57. The maximum Gasteiger partial charge on any atom is 0.411 e. The average molecular weight is 290 g/mol. The van der Waals surface area contributed by atoms with Crippen LogP contribution in [0.1, 0.15) is 24.6 Å². The molecule has 20 heavy (non-hydrogen) atoms. The maximum absolute atomic E-state index is 11.9. The molecule has 0 amide bonds. The first-order chi connectivity index (χ1) is 9.48. The van der Waals surface area contributed by atoms with Gasteiger partial charge in [-0.3, -0.25) is 0 Å². The highest BCUT2D eigenvalue weighted by Gasteiger charge is 2.28. The Bertz CT molecular complexity index is 449. The van der Waals surface area contributed by atoms with Gasteiger partial charge in [-0.1, -0.05) is 0 Å². The van der Waals surface area contributed by atoms with Gasteiger partial charge in [-0.15, -0.1) is 0 Å². The normalized spacial score (nSPS) is 15.2. The number of ether oxygens (including phenoxy) is 1. The van der Waals surface area contributed by atoms with Crippen molar-refractivity contribution in [3.05, 3.63) is 11.9 Å². The lowest BCUT2D eigenvalue weighted by atomic mass is 10.3. The summed E-state index contributed by atoms with van der Waals surface area (Å²) in [4.78, 5) is 8.70. The molecule has 2 rings (SSSR count). The monoisotopic (exact) mass is 290 g/mol. The Morgan fingerprint density at radius 1 is 1.30 bits per heavy atom. The molecule has 1 aromatic rings. The fraction of sp³-hybridized carbons (Fsp3) is 0.667. The summed E-state index contributed by atoms with van der Waals surface area (Å²) in [6, 6.07) is 1.72. The largest absolute Gasteiger partial charge is 0.411 e. The van der Waals surface area contributed by atoms with E-state index in [-0.39, 0.29) is 13.2 Å². The van der Waals surface area contributed by atoms with Crippen molar-refractivity contribution in [2.75, 3.05) is 37.4 Å². The quantitative estimate of drug-likeness (QED) is 0.755. The minimum absolute atomic E-state index is 0.0306. The molecular formula is C12H17F3N4O. The van der Waals surface area contributed by atoms with Crippen molar-refractivity contribution in [2.45, 2.75) is 24.9 Å². The number of anilines is 2. The number of rotatable bonds is 7. The summed E-state index contributed by atoms with van der Waals surface area (Å²) in [5.41, 5.74) is 0. The van der Waals surface area contributed by atoms with Crippen molar-refractivity contribution in [3.63, 3.8) is 0 Å². The van der Waals surface area contributed by atoms with Crippen LogP contribution in [-0.4, -0.2) is 43.0 Å². The first-order valence-electron chi connectivity index (χ1n) is 6.43. The third-order valence-electron chi connectivity index (χ3n) is 2.76. The van der Waals surface area contributed by atoms with E-state index in [0.29, 0.717) is 17.6 Å². The second kappa shape index (κ2) is 6.25. The zero-order valence-electron chi connectivity index (χ0n) is 11.1. The zero-order valence-corrected chi connectivity index (χ0v) is 11.1. The fourth-order valence-electron chi connectivity index (χ4n) is 1.65. The highest BCUT2D eigenvalue weighted by Crippen LogP contribution is 2.38. The molecule has 0 aliphatic heterocycles. The Labute approximate surface area is 114 Å².